The van der Waals surface area contributed by atoms with E-state index in [1.54, 1.807) is 0 Å². The van der Waals surface area contributed by atoms with Gasteiger partial charge in [-0.2, -0.15) is 9.52 Å². The topological polar surface area (TPSA) is 71.9 Å². The van der Waals surface area contributed by atoms with Crippen LogP contribution in [0.1, 0.15) is 29.8 Å². The van der Waals surface area contributed by atoms with Crippen molar-refractivity contribution < 1.29 is 13.2 Å². The third-order valence-corrected chi connectivity index (χ3v) is 6.70. The van der Waals surface area contributed by atoms with Crippen LogP contribution in [0, 0.1) is 0 Å². The molecule has 0 unspecified atom stereocenters. The summed E-state index contributed by atoms with van der Waals surface area (Å²) in [7, 11) is -3.56. The Kier molecular flexibility index (Phi) is 5.03. The second kappa shape index (κ2) is 7.35. The number of ether oxygens (including phenoxy) is 1. The van der Waals surface area contributed by atoms with Gasteiger partial charge < -0.3 is 4.74 Å². The number of aromatic nitrogens is 1. The first-order chi connectivity index (χ1) is 13.4. The van der Waals surface area contributed by atoms with Crippen molar-refractivity contribution in [3.63, 3.8) is 0 Å². The Hall–Kier alpha value is -2.16. The van der Waals surface area contributed by atoms with E-state index in [1.165, 1.54) is 11.3 Å². The van der Waals surface area contributed by atoms with Gasteiger partial charge in [-0.1, -0.05) is 17.7 Å². The van der Waals surface area contributed by atoms with Crippen LogP contribution in [0.25, 0.3) is 10.9 Å². The number of fused-ring (bicyclic) bond motifs is 1. The van der Waals surface area contributed by atoms with Crippen LogP contribution in [0.2, 0.25) is 5.15 Å². The predicted molar refractivity (Wildman–Crippen MR) is 113 cm³/mol. The standard InChI is InChI=1S/C19H18ClN3O3S2/c1-3-26-13-7-6-12-9-14(19(20)21-15(12)10-13)17-11-16(18-5-4-8-27-18)22-23(17)28(2,24)25/h4-10,17H,3,11H2,1-2H3/t17-/m1/s1. The molecule has 1 aromatic carbocycles. The van der Waals surface area contributed by atoms with E-state index in [-0.39, 0.29) is 5.15 Å². The molecule has 3 aromatic rings. The van der Waals surface area contributed by atoms with Gasteiger partial charge in [-0.25, -0.2) is 13.4 Å². The number of thiophene rings is 1. The average molecular weight is 436 g/mol. The van der Waals surface area contributed by atoms with Crippen LogP contribution in [0.3, 0.4) is 0 Å². The number of pyridine rings is 1. The van der Waals surface area contributed by atoms with E-state index in [9.17, 15) is 8.42 Å². The molecule has 1 aliphatic heterocycles. The largest absolute Gasteiger partial charge is 0.494 e. The van der Waals surface area contributed by atoms with Gasteiger partial charge in [0.1, 0.15) is 10.9 Å². The summed E-state index contributed by atoms with van der Waals surface area (Å²) in [5.41, 5.74) is 2.07. The van der Waals surface area contributed by atoms with Crippen molar-refractivity contribution >= 4 is 49.6 Å². The lowest BCUT2D eigenvalue weighted by atomic mass is 10.0. The first kappa shape index (κ1) is 19.2. The van der Waals surface area contributed by atoms with Crippen LogP contribution in [-0.2, 0) is 10.0 Å². The number of hydrogen-bond donors (Lipinski definition) is 0. The summed E-state index contributed by atoms with van der Waals surface area (Å²) < 4.78 is 31.4. The van der Waals surface area contributed by atoms with Gasteiger partial charge in [-0.3, -0.25) is 0 Å². The zero-order valence-electron chi connectivity index (χ0n) is 15.3. The Labute approximate surface area is 172 Å². The second-order valence-corrected chi connectivity index (χ2v) is 9.58. The summed E-state index contributed by atoms with van der Waals surface area (Å²) in [4.78, 5) is 5.43. The lowest BCUT2D eigenvalue weighted by Crippen LogP contribution is -2.26. The number of sulfonamides is 1. The van der Waals surface area contributed by atoms with Crippen molar-refractivity contribution in [2.75, 3.05) is 12.9 Å². The minimum Gasteiger partial charge on any atom is -0.494 e. The van der Waals surface area contributed by atoms with Crippen molar-refractivity contribution in [3.8, 4) is 5.75 Å². The highest BCUT2D eigenvalue weighted by Crippen LogP contribution is 2.39. The molecule has 0 radical (unpaired) electrons. The van der Waals surface area contributed by atoms with E-state index in [1.807, 2.05) is 48.7 Å². The summed E-state index contributed by atoms with van der Waals surface area (Å²) in [6, 6.07) is 10.8. The fourth-order valence-corrected chi connectivity index (χ4v) is 5.14. The number of hydrogen-bond acceptors (Lipinski definition) is 6. The van der Waals surface area contributed by atoms with E-state index < -0.39 is 16.1 Å². The first-order valence-corrected chi connectivity index (χ1v) is 11.8. The molecule has 0 aliphatic carbocycles. The van der Waals surface area contributed by atoms with Crippen molar-refractivity contribution in [2.45, 2.75) is 19.4 Å². The molecule has 0 amide bonds. The van der Waals surface area contributed by atoms with Gasteiger partial charge >= 0.3 is 0 Å². The van der Waals surface area contributed by atoms with E-state index in [4.69, 9.17) is 16.3 Å². The molecule has 0 saturated heterocycles. The molecule has 6 nitrogen and oxygen atoms in total. The zero-order valence-corrected chi connectivity index (χ0v) is 17.7. The lowest BCUT2D eigenvalue weighted by molar-refractivity contribution is 0.340. The summed E-state index contributed by atoms with van der Waals surface area (Å²) in [6.07, 6.45) is 1.59. The smallest absolute Gasteiger partial charge is 0.247 e. The fourth-order valence-electron chi connectivity index (χ4n) is 3.25. The summed E-state index contributed by atoms with van der Waals surface area (Å²) in [5.74, 6) is 0.716. The fraction of sp³-hybridized carbons (Fsp3) is 0.263. The molecule has 0 fully saturated rings. The molecule has 0 bridgehead atoms. The monoisotopic (exact) mass is 435 g/mol. The molecule has 0 N–H and O–H groups in total. The highest BCUT2D eigenvalue weighted by molar-refractivity contribution is 7.88. The molecule has 1 atom stereocenters. The second-order valence-electron chi connectivity index (χ2n) is 6.44. The quantitative estimate of drug-likeness (QED) is 0.554. The van der Waals surface area contributed by atoms with Gasteiger partial charge in [0.15, 0.2) is 0 Å². The van der Waals surface area contributed by atoms with Crippen LogP contribution < -0.4 is 4.74 Å². The number of nitrogens with zero attached hydrogens (tertiary/aromatic N) is 3. The Balaban J connectivity index is 1.77. The van der Waals surface area contributed by atoms with Gasteiger partial charge in [0, 0.05) is 23.4 Å². The van der Waals surface area contributed by atoms with Crippen molar-refractivity contribution in [2.24, 2.45) is 5.10 Å². The molecule has 4 rings (SSSR count). The minimum atomic E-state index is -3.56. The molecule has 9 heteroatoms. The van der Waals surface area contributed by atoms with Crippen LogP contribution in [0.4, 0.5) is 0 Å². The molecule has 28 heavy (non-hydrogen) atoms. The number of benzene rings is 1. The van der Waals surface area contributed by atoms with Gasteiger partial charge in [0.05, 0.1) is 35.0 Å². The Morgan fingerprint density at radius 1 is 1.32 bits per heavy atom. The molecular weight excluding hydrogens is 418 g/mol. The predicted octanol–water partition coefficient (Wildman–Crippen LogP) is 4.46. The SMILES string of the molecule is CCOc1ccc2cc([C@H]3CC(c4cccs4)=NN3S(C)(=O)=O)c(Cl)nc2c1. The van der Waals surface area contributed by atoms with Gasteiger partial charge in [0.25, 0.3) is 0 Å². The maximum absolute atomic E-state index is 12.4. The highest BCUT2D eigenvalue weighted by Gasteiger charge is 2.36. The van der Waals surface area contributed by atoms with Gasteiger partial charge in [-0.15, -0.1) is 11.3 Å². The summed E-state index contributed by atoms with van der Waals surface area (Å²) in [5, 5.41) is 7.45. The van der Waals surface area contributed by atoms with Crippen molar-refractivity contribution in [3.05, 3.63) is 57.4 Å². The molecule has 1 aliphatic rings. The number of hydrazone groups is 1. The van der Waals surface area contributed by atoms with E-state index in [0.717, 1.165) is 26.6 Å². The Bertz CT molecular complexity index is 1160. The Morgan fingerprint density at radius 3 is 2.82 bits per heavy atom. The van der Waals surface area contributed by atoms with Crippen LogP contribution in [0.5, 0.6) is 5.75 Å². The molecular formula is C19H18ClN3O3S2. The average Bonchev–Trinajstić information content (AvgIpc) is 3.30. The Morgan fingerprint density at radius 2 is 2.14 bits per heavy atom. The van der Waals surface area contributed by atoms with Crippen LogP contribution in [-0.4, -0.2) is 36.4 Å². The maximum Gasteiger partial charge on any atom is 0.247 e. The van der Waals surface area contributed by atoms with Crippen molar-refractivity contribution in [1.82, 2.24) is 9.40 Å². The van der Waals surface area contributed by atoms with E-state index in [0.29, 0.717) is 29.9 Å². The van der Waals surface area contributed by atoms with Crippen LogP contribution >= 0.6 is 22.9 Å². The molecule has 146 valence electrons. The lowest BCUT2D eigenvalue weighted by Gasteiger charge is -2.22. The maximum atomic E-state index is 12.4. The van der Waals surface area contributed by atoms with Crippen molar-refractivity contribution in [1.29, 1.82) is 0 Å². The number of halogens is 1. The van der Waals surface area contributed by atoms with Gasteiger partial charge in [0.2, 0.25) is 10.0 Å². The van der Waals surface area contributed by atoms with Crippen LogP contribution in [0.15, 0.2) is 46.9 Å². The normalized spacial score (nSPS) is 17.2. The van der Waals surface area contributed by atoms with E-state index >= 15 is 0 Å². The molecule has 0 saturated carbocycles. The summed E-state index contributed by atoms with van der Waals surface area (Å²) >= 11 is 8.01. The highest BCUT2D eigenvalue weighted by atomic mass is 35.5. The summed E-state index contributed by atoms with van der Waals surface area (Å²) in [6.45, 7) is 2.48. The van der Waals surface area contributed by atoms with E-state index in [2.05, 4.69) is 10.1 Å². The van der Waals surface area contributed by atoms with Gasteiger partial charge in [-0.05, 0) is 36.6 Å². The molecule has 0 spiro atoms. The molecule has 2 aromatic heterocycles. The number of rotatable bonds is 5. The third-order valence-electron chi connectivity index (χ3n) is 4.46. The zero-order chi connectivity index (χ0) is 19.9. The third kappa shape index (κ3) is 3.59. The minimum absolute atomic E-state index is 0.266. The molecule has 3 heterocycles. The first-order valence-electron chi connectivity index (χ1n) is 8.70.